The lowest BCUT2D eigenvalue weighted by Gasteiger charge is -2.06. The highest BCUT2D eigenvalue weighted by molar-refractivity contribution is 9.10. The van der Waals surface area contributed by atoms with Crippen LogP contribution in [0.2, 0.25) is 0 Å². The van der Waals surface area contributed by atoms with E-state index < -0.39 is 6.67 Å². The Hall–Kier alpha value is -1.49. The number of aromatic nitrogens is 1. The van der Waals surface area contributed by atoms with Crippen LogP contribution < -0.4 is 0 Å². The SMILES string of the molecule is Oc1cc(CF)c(O)n1-c1ccc(Br)cc1. The zero-order valence-corrected chi connectivity index (χ0v) is 9.78. The monoisotopic (exact) mass is 285 g/mol. The van der Waals surface area contributed by atoms with Crippen molar-refractivity contribution in [3.8, 4) is 17.4 Å². The summed E-state index contributed by atoms with van der Waals surface area (Å²) in [6, 6.07) is 8.14. The van der Waals surface area contributed by atoms with Crippen LogP contribution in [-0.2, 0) is 6.67 Å². The first kappa shape index (κ1) is 11.0. The highest BCUT2D eigenvalue weighted by Crippen LogP contribution is 2.32. The standard InChI is InChI=1S/C11H9BrFNO2/c12-8-1-3-9(4-2-8)14-10(15)5-7(6-13)11(14)16/h1-5,15-16H,6H2. The van der Waals surface area contributed by atoms with Crippen molar-refractivity contribution in [1.29, 1.82) is 0 Å². The topological polar surface area (TPSA) is 45.4 Å². The molecule has 84 valence electrons. The van der Waals surface area contributed by atoms with Crippen LogP contribution in [0, 0.1) is 0 Å². The Labute approximate surface area is 99.9 Å². The average molecular weight is 286 g/mol. The van der Waals surface area contributed by atoms with Gasteiger partial charge >= 0.3 is 0 Å². The van der Waals surface area contributed by atoms with Crippen molar-refractivity contribution in [2.24, 2.45) is 0 Å². The third-order valence-corrected chi connectivity index (χ3v) is 2.79. The second-order valence-electron chi connectivity index (χ2n) is 3.30. The van der Waals surface area contributed by atoms with Gasteiger partial charge in [-0.25, -0.2) is 4.39 Å². The normalized spacial score (nSPS) is 10.6. The first-order chi connectivity index (χ1) is 7.63. The molecular weight excluding hydrogens is 277 g/mol. The number of nitrogens with zero attached hydrogens (tertiary/aromatic N) is 1. The van der Waals surface area contributed by atoms with E-state index in [2.05, 4.69) is 15.9 Å². The van der Waals surface area contributed by atoms with Gasteiger partial charge in [-0.3, -0.25) is 4.57 Å². The molecule has 16 heavy (non-hydrogen) atoms. The minimum Gasteiger partial charge on any atom is -0.494 e. The van der Waals surface area contributed by atoms with Gasteiger partial charge in [0.2, 0.25) is 5.88 Å². The molecule has 2 N–H and O–H groups in total. The molecule has 0 aliphatic heterocycles. The van der Waals surface area contributed by atoms with E-state index in [0.717, 1.165) is 4.47 Å². The molecule has 1 heterocycles. The van der Waals surface area contributed by atoms with Gasteiger partial charge in [0.1, 0.15) is 6.67 Å². The highest BCUT2D eigenvalue weighted by atomic mass is 79.9. The second kappa shape index (κ2) is 4.17. The lowest BCUT2D eigenvalue weighted by atomic mass is 10.3. The number of benzene rings is 1. The molecule has 3 nitrogen and oxygen atoms in total. The summed E-state index contributed by atoms with van der Waals surface area (Å²) in [5.74, 6) is -0.463. The van der Waals surface area contributed by atoms with Crippen LogP contribution in [0.15, 0.2) is 34.8 Å². The van der Waals surface area contributed by atoms with Gasteiger partial charge in [0.15, 0.2) is 5.88 Å². The molecule has 1 aromatic carbocycles. The van der Waals surface area contributed by atoms with Crippen molar-refractivity contribution in [2.75, 3.05) is 0 Å². The smallest absolute Gasteiger partial charge is 0.204 e. The molecule has 0 saturated carbocycles. The molecule has 1 aromatic heterocycles. The van der Waals surface area contributed by atoms with Gasteiger partial charge in [-0.15, -0.1) is 0 Å². The summed E-state index contributed by atoms with van der Waals surface area (Å²) in [6.07, 6.45) is 0. The van der Waals surface area contributed by atoms with Crippen molar-refractivity contribution >= 4 is 15.9 Å². The van der Waals surface area contributed by atoms with E-state index in [0.29, 0.717) is 5.69 Å². The van der Waals surface area contributed by atoms with E-state index in [4.69, 9.17) is 0 Å². The Morgan fingerprint density at radius 1 is 1.19 bits per heavy atom. The maximum absolute atomic E-state index is 12.5. The summed E-state index contributed by atoms with van der Waals surface area (Å²) in [7, 11) is 0. The van der Waals surface area contributed by atoms with E-state index in [1.807, 2.05) is 0 Å². The molecule has 0 amide bonds. The van der Waals surface area contributed by atoms with Crippen molar-refractivity contribution in [3.05, 3.63) is 40.4 Å². The predicted molar refractivity (Wildman–Crippen MR) is 61.6 cm³/mol. The Kier molecular flexibility index (Phi) is 2.87. The third-order valence-electron chi connectivity index (χ3n) is 2.26. The zero-order chi connectivity index (χ0) is 11.7. The number of hydrogen-bond acceptors (Lipinski definition) is 2. The van der Waals surface area contributed by atoms with E-state index >= 15 is 0 Å². The number of aromatic hydroxyl groups is 2. The van der Waals surface area contributed by atoms with Gasteiger partial charge in [-0.2, -0.15) is 0 Å². The number of alkyl halides is 1. The van der Waals surface area contributed by atoms with E-state index in [-0.39, 0.29) is 17.3 Å². The fourth-order valence-electron chi connectivity index (χ4n) is 1.48. The number of hydrogen-bond donors (Lipinski definition) is 2. The highest BCUT2D eigenvalue weighted by Gasteiger charge is 2.14. The Morgan fingerprint density at radius 2 is 1.81 bits per heavy atom. The van der Waals surface area contributed by atoms with Gasteiger partial charge in [0.25, 0.3) is 0 Å². The first-order valence-corrected chi connectivity index (χ1v) is 5.37. The Morgan fingerprint density at radius 3 is 2.31 bits per heavy atom. The molecule has 0 spiro atoms. The van der Waals surface area contributed by atoms with Gasteiger partial charge < -0.3 is 10.2 Å². The lowest BCUT2D eigenvalue weighted by molar-refractivity contribution is 0.393. The van der Waals surface area contributed by atoms with Crippen molar-refractivity contribution in [2.45, 2.75) is 6.67 Å². The van der Waals surface area contributed by atoms with Gasteiger partial charge in [-0.1, -0.05) is 15.9 Å². The van der Waals surface area contributed by atoms with Crippen LogP contribution in [0.3, 0.4) is 0 Å². The van der Waals surface area contributed by atoms with Crippen LogP contribution in [0.1, 0.15) is 5.56 Å². The van der Waals surface area contributed by atoms with Crippen molar-refractivity contribution in [3.63, 3.8) is 0 Å². The molecule has 0 radical (unpaired) electrons. The molecule has 0 fully saturated rings. The average Bonchev–Trinajstić information content (AvgIpc) is 2.56. The van der Waals surface area contributed by atoms with Crippen LogP contribution in [-0.4, -0.2) is 14.8 Å². The summed E-state index contributed by atoms with van der Waals surface area (Å²) in [6.45, 7) is -0.817. The lowest BCUT2D eigenvalue weighted by Crippen LogP contribution is -1.92. The van der Waals surface area contributed by atoms with Crippen molar-refractivity contribution in [1.82, 2.24) is 4.57 Å². The van der Waals surface area contributed by atoms with E-state index in [1.54, 1.807) is 24.3 Å². The van der Waals surface area contributed by atoms with E-state index in [1.165, 1.54) is 10.6 Å². The van der Waals surface area contributed by atoms with Crippen LogP contribution in [0.4, 0.5) is 4.39 Å². The summed E-state index contributed by atoms with van der Waals surface area (Å²) < 4.78 is 14.5. The summed E-state index contributed by atoms with van der Waals surface area (Å²) in [5.41, 5.74) is 0.637. The fraction of sp³-hybridized carbons (Fsp3) is 0.0909. The molecule has 0 atom stereocenters. The predicted octanol–water partition coefficient (Wildman–Crippen LogP) is 3.12. The second-order valence-corrected chi connectivity index (χ2v) is 4.21. The largest absolute Gasteiger partial charge is 0.494 e. The number of rotatable bonds is 2. The molecule has 2 rings (SSSR count). The maximum Gasteiger partial charge on any atom is 0.204 e. The van der Waals surface area contributed by atoms with Crippen molar-refractivity contribution < 1.29 is 14.6 Å². The van der Waals surface area contributed by atoms with Crippen LogP contribution in [0.25, 0.3) is 5.69 Å². The minimum absolute atomic E-state index is 0.0698. The van der Waals surface area contributed by atoms with Gasteiger partial charge in [0.05, 0.1) is 5.69 Å². The number of halogens is 2. The fourth-order valence-corrected chi connectivity index (χ4v) is 1.74. The molecule has 0 aliphatic rings. The molecule has 0 aliphatic carbocycles. The summed E-state index contributed by atoms with van der Waals surface area (Å²) >= 11 is 3.28. The zero-order valence-electron chi connectivity index (χ0n) is 8.19. The Bertz CT molecular complexity index is 507. The molecule has 0 bridgehead atoms. The summed E-state index contributed by atoms with van der Waals surface area (Å²) in [4.78, 5) is 0. The molecule has 5 heteroatoms. The minimum atomic E-state index is -0.817. The Balaban J connectivity index is 2.55. The molecular formula is C11H9BrFNO2. The quantitative estimate of drug-likeness (QED) is 0.891. The van der Waals surface area contributed by atoms with Gasteiger partial charge in [0, 0.05) is 16.1 Å². The van der Waals surface area contributed by atoms with Crippen LogP contribution in [0.5, 0.6) is 11.8 Å². The molecule has 2 aromatic rings. The van der Waals surface area contributed by atoms with Gasteiger partial charge in [-0.05, 0) is 24.3 Å². The molecule has 0 saturated heterocycles. The van der Waals surface area contributed by atoms with E-state index in [9.17, 15) is 14.6 Å². The summed E-state index contributed by atoms with van der Waals surface area (Å²) in [5, 5.41) is 19.3. The maximum atomic E-state index is 12.5. The third kappa shape index (κ3) is 1.78. The van der Waals surface area contributed by atoms with Crippen LogP contribution >= 0.6 is 15.9 Å². The molecule has 0 unspecified atom stereocenters. The first-order valence-electron chi connectivity index (χ1n) is 4.58.